The molecule has 102 valence electrons. The summed E-state index contributed by atoms with van der Waals surface area (Å²) in [4.78, 5) is 0. The predicted molar refractivity (Wildman–Crippen MR) is 76.1 cm³/mol. The molecule has 0 spiro atoms. The summed E-state index contributed by atoms with van der Waals surface area (Å²) in [7, 11) is 0. The van der Waals surface area contributed by atoms with E-state index in [9.17, 15) is 0 Å². The first-order valence-corrected chi connectivity index (χ1v) is 7.45. The first-order chi connectivity index (χ1) is 9.86. The van der Waals surface area contributed by atoms with Gasteiger partial charge in [-0.05, 0) is 41.0 Å². The number of aliphatic hydroxyl groups is 1. The van der Waals surface area contributed by atoms with Crippen LogP contribution in [0.4, 0.5) is 0 Å². The molecule has 6 heteroatoms. The Morgan fingerprint density at radius 3 is 2.80 bits per heavy atom. The van der Waals surface area contributed by atoms with Crippen LogP contribution in [-0.2, 0) is 5.75 Å². The zero-order chi connectivity index (χ0) is 13.8. The molecule has 1 heterocycles. The standard InChI is InChI=1S/C14H14N4OS/c19-9-1-2-11-3-5-12(6-4-11)10-20-14-15-16-17-18(14)13-7-8-13/h3-6,13,19H,7-10H2. The molecule has 5 nitrogen and oxygen atoms in total. The Labute approximate surface area is 121 Å². The molecule has 1 saturated carbocycles. The van der Waals surface area contributed by atoms with Gasteiger partial charge in [-0.2, -0.15) is 0 Å². The molecule has 0 saturated heterocycles. The minimum Gasteiger partial charge on any atom is -0.384 e. The Hall–Kier alpha value is -1.84. The van der Waals surface area contributed by atoms with Gasteiger partial charge in [-0.15, -0.1) is 5.10 Å². The van der Waals surface area contributed by atoms with Crippen LogP contribution in [0.2, 0.25) is 0 Å². The third kappa shape index (κ3) is 3.18. The van der Waals surface area contributed by atoms with E-state index in [0.29, 0.717) is 6.04 Å². The van der Waals surface area contributed by atoms with Gasteiger partial charge in [0.1, 0.15) is 6.61 Å². The number of nitrogens with zero attached hydrogens (tertiary/aromatic N) is 4. The van der Waals surface area contributed by atoms with E-state index in [0.717, 1.165) is 16.5 Å². The normalized spacial score (nSPS) is 13.8. The number of tetrazole rings is 1. The molecule has 1 aromatic heterocycles. The van der Waals surface area contributed by atoms with Crippen molar-refractivity contribution in [1.82, 2.24) is 20.2 Å². The largest absolute Gasteiger partial charge is 0.384 e. The van der Waals surface area contributed by atoms with Gasteiger partial charge < -0.3 is 5.11 Å². The Morgan fingerprint density at radius 1 is 1.30 bits per heavy atom. The Kier molecular flexibility index (Phi) is 4.00. The Morgan fingerprint density at radius 2 is 2.10 bits per heavy atom. The third-order valence-electron chi connectivity index (χ3n) is 2.99. The molecule has 1 aliphatic carbocycles. The van der Waals surface area contributed by atoms with Gasteiger partial charge in [0.2, 0.25) is 5.16 Å². The monoisotopic (exact) mass is 286 g/mol. The van der Waals surface area contributed by atoms with E-state index in [1.54, 1.807) is 11.8 Å². The molecule has 1 aliphatic rings. The lowest BCUT2D eigenvalue weighted by Gasteiger charge is -2.02. The summed E-state index contributed by atoms with van der Waals surface area (Å²) in [5.41, 5.74) is 2.12. The quantitative estimate of drug-likeness (QED) is 0.684. The minimum absolute atomic E-state index is 0.110. The van der Waals surface area contributed by atoms with Gasteiger partial charge in [-0.1, -0.05) is 35.7 Å². The summed E-state index contributed by atoms with van der Waals surface area (Å²) in [5, 5.41) is 21.4. The lowest BCUT2D eigenvalue weighted by molar-refractivity contribution is 0.350. The van der Waals surface area contributed by atoms with Crippen LogP contribution in [0.1, 0.15) is 30.0 Å². The van der Waals surface area contributed by atoms with Crippen LogP contribution in [0.5, 0.6) is 0 Å². The van der Waals surface area contributed by atoms with Gasteiger partial charge in [-0.3, -0.25) is 0 Å². The second-order valence-corrected chi connectivity index (χ2v) is 5.53. The van der Waals surface area contributed by atoms with Gasteiger partial charge in [0.25, 0.3) is 0 Å². The van der Waals surface area contributed by atoms with Crippen molar-refractivity contribution in [2.45, 2.75) is 29.8 Å². The van der Waals surface area contributed by atoms with Crippen molar-refractivity contribution < 1.29 is 5.11 Å². The van der Waals surface area contributed by atoms with E-state index in [-0.39, 0.29) is 6.61 Å². The zero-order valence-corrected chi connectivity index (χ0v) is 11.7. The van der Waals surface area contributed by atoms with Crippen molar-refractivity contribution in [2.24, 2.45) is 0 Å². The second kappa shape index (κ2) is 6.07. The van der Waals surface area contributed by atoms with Gasteiger partial charge >= 0.3 is 0 Å². The van der Waals surface area contributed by atoms with Gasteiger partial charge in [0.15, 0.2) is 0 Å². The number of aliphatic hydroxyl groups excluding tert-OH is 1. The summed E-state index contributed by atoms with van der Waals surface area (Å²) in [6.07, 6.45) is 2.35. The highest BCUT2D eigenvalue weighted by molar-refractivity contribution is 7.98. The molecule has 1 N–H and O–H groups in total. The van der Waals surface area contributed by atoms with E-state index in [2.05, 4.69) is 27.4 Å². The van der Waals surface area contributed by atoms with Gasteiger partial charge in [0.05, 0.1) is 6.04 Å². The molecule has 0 aliphatic heterocycles. The maximum atomic E-state index is 8.65. The molecule has 0 atom stereocenters. The summed E-state index contributed by atoms with van der Waals surface area (Å²) in [6.45, 7) is -0.110. The predicted octanol–water partition coefficient (Wildman–Crippen LogP) is 1.64. The number of aromatic nitrogens is 4. The zero-order valence-electron chi connectivity index (χ0n) is 10.9. The van der Waals surface area contributed by atoms with Crippen molar-refractivity contribution in [2.75, 3.05) is 6.61 Å². The lowest BCUT2D eigenvalue weighted by atomic mass is 10.1. The van der Waals surface area contributed by atoms with Crippen LogP contribution < -0.4 is 0 Å². The van der Waals surface area contributed by atoms with Crippen molar-refractivity contribution in [3.8, 4) is 11.8 Å². The van der Waals surface area contributed by atoms with Gasteiger partial charge in [0, 0.05) is 11.3 Å². The van der Waals surface area contributed by atoms with Gasteiger partial charge in [-0.25, -0.2) is 4.68 Å². The van der Waals surface area contributed by atoms with Crippen LogP contribution in [0.3, 0.4) is 0 Å². The van der Waals surface area contributed by atoms with Crippen molar-refractivity contribution in [1.29, 1.82) is 0 Å². The molecular formula is C14H14N4OS. The molecule has 0 bridgehead atoms. The summed E-state index contributed by atoms with van der Waals surface area (Å²) < 4.78 is 1.92. The molecule has 1 aromatic carbocycles. The molecule has 20 heavy (non-hydrogen) atoms. The molecule has 1 fully saturated rings. The summed E-state index contributed by atoms with van der Waals surface area (Å²) in [5.74, 6) is 6.35. The van der Waals surface area contributed by atoms with Crippen LogP contribution in [0.25, 0.3) is 0 Å². The average molecular weight is 286 g/mol. The van der Waals surface area contributed by atoms with E-state index in [1.165, 1.54) is 18.4 Å². The first kappa shape index (κ1) is 13.2. The smallest absolute Gasteiger partial charge is 0.209 e. The summed E-state index contributed by atoms with van der Waals surface area (Å²) in [6, 6.07) is 8.51. The van der Waals surface area contributed by atoms with Crippen LogP contribution in [0.15, 0.2) is 29.4 Å². The lowest BCUT2D eigenvalue weighted by Crippen LogP contribution is -1.98. The van der Waals surface area contributed by atoms with Crippen molar-refractivity contribution in [3.63, 3.8) is 0 Å². The third-order valence-corrected chi connectivity index (χ3v) is 3.99. The molecule has 2 aromatic rings. The first-order valence-electron chi connectivity index (χ1n) is 6.46. The van der Waals surface area contributed by atoms with Crippen LogP contribution in [-0.4, -0.2) is 31.9 Å². The molecule has 3 rings (SSSR count). The van der Waals surface area contributed by atoms with E-state index in [4.69, 9.17) is 5.11 Å². The topological polar surface area (TPSA) is 63.8 Å². The number of hydrogen-bond acceptors (Lipinski definition) is 5. The summed E-state index contributed by atoms with van der Waals surface area (Å²) >= 11 is 1.65. The van der Waals surface area contributed by atoms with Crippen molar-refractivity contribution in [3.05, 3.63) is 35.4 Å². The SMILES string of the molecule is OCC#Cc1ccc(CSc2nnnn2C2CC2)cc1. The van der Waals surface area contributed by atoms with E-state index < -0.39 is 0 Å². The van der Waals surface area contributed by atoms with Crippen molar-refractivity contribution >= 4 is 11.8 Å². The van der Waals surface area contributed by atoms with Crippen LogP contribution >= 0.6 is 11.8 Å². The fraction of sp³-hybridized carbons (Fsp3) is 0.357. The Bertz CT molecular complexity index is 637. The maximum absolute atomic E-state index is 8.65. The number of thioether (sulfide) groups is 1. The molecule has 0 radical (unpaired) electrons. The molecule has 0 amide bonds. The highest BCUT2D eigenvalue weighted by atomic mass is 32.2. The molecular weight excluding hydrogens is 272 g/mol. The van der Waals surface area contributed by atoms with Crippen LogP contribution in [0, 0.1) is 11.8 Å². The minimum atomic E-state index is -0.110. The number of benzene rings is 1. The average Bonchev–Trinajstić information content (AvgIpc) is 3.23. The highest BCUT2D eigenvalue weighted by Gasteiger charge is 2.27. The fourth-order valence-corrected chi connectivity index (χ4v) is 2.70. The highest BCUT2D eigenvalue weighted by Crippen LogP contribution is 2.36. The maximum Gasteiger partial charge on any atom is 0.209 e. The number of hydrogen-bond donors (Lipinski definition) is 1. The molecule has 0 unspecified atom stereocenters. The van der Waals surface area contributed by atoms with E-state index >= 15 is 0 Å². The Balaban J connectivity index is 1.61. The van der Waals surface area contributed by atoms with E-state index in [1.807, 2.05) is 28.9 Å². The number of rotatable bonds is 4. The second-order valence-electron chi connectivity index (χ2n) is 4.58. The fourth-order valence-electron chi connectivity index (χ4n) is 1.80.